The summed E-state index contributed by atoms with van der Waals surface area (Å²) in [6.07, 6.45) is 2.46. The van der Waals surface area contributed by atoms with Gasteiger partial charge in [-0.2, -0.15) is 4.99 Å². The minimum atomic E-state index is 0.159. The Kier molecular flexibility index (Phi) is 4.23. The Morgan fingerprint density at radius 1 is 1.14 bits per heavy atom. The second kappa shape index (κ2) is 6.77. The van der Waals surface area contributed by atoms with Crippen LogP contribution in [0.4, 0.5) is 10.8 Å². The summed E-state index contributed by atoms with van der Waals surface area (Å²) in [7, 11) is 0. The van der Waals surface area contributed by atoms with Gasteiger partial charge in [0, 0.05) is 39.6 Å². The summed E-state index contributed by atoms with van der Waals surface area (Å²) in [5, 5.41) is 16.0. The molecule has 0 radical (unpaired) electrons. The van der Waals surface area contributed by atoms with E-state index in [9.17, 15) is 5.21 Å². The zero-order chi connectivity index (χ0) is 19.3. The van der Waals surface area contributed by atoms with Crippen LogP contribution in [0.1, 0.15) is 5.56 Å². The highest BCUT2D eigenvalue weighted by Crippen LogP contribution is 2.34. The van der Waals surface area contributed by atoms with Crippen LogP contribution in [0.3, 0.4) is 0 Å². The lowest BCUT2D eigenvalue weighted by Gasteiger charge is -2.12. The maximum absolute atomic E-state index is 10.9. The number of nitrogens with zero attached hydrogens (tertiary/aromatic N) is 4. The average Bonchev–Trinajstić information content (AvgIpc) is 2.96. The summed E-state index contributed by atoms with van der Waals surface area (Å²) < 4.78 is 1.95. The van der Waals surface area contributed by atoms with Crippen LogP contribution >= 0.6 is 34.5 Å². The van der Waals surface area contributed by atoms with E-state index in [0.717, 1.165) is 44.7 Å². The molecule has 6 nitrogen and oxygen atoms in total. The van der Waals surface area contributed by atoms with Gasteiger partial charge in [-0.3, -0.25) is 0 Å². The Balaban J connectivity index is 1.70. The number of benzene rings is 2. The third kappa shape index (κ3) is 3.01. The summed E-state index contributed by atoms with van der Waals surface area (Å²) in [5.74, 6) is 0. The number of hydrogen-bond donors (Lipinski definition) is 2. The molecule has 0 bridgehead atoms. The van der Waals surface area contributed by atoms with Crippen molar-refractivity contribution in [3.63, 3.8) is 0 Å². The molecule has 140 valence electrons. The first-order valence-corrected chi connectivity index (χ1v) is 10.1. The fourth-order valence-electron chi connectivity index (χ4n) is 3.25. The zero-order valence-electron chi connectivity index (χ0n) is 14.4. The molecule has 28 heavy (non-hydrogen) atoms. The first-order chi connectivity index (χ1) is 13.6. The van der Waals surface area contributed by atoms with Crippen molar-refractivity contribution >= 4 is 55.6 Å². The van der Waals surface area contributed by atoms with Gasteiger partial charge in [-0.25, -0.2) is 9.97 Å². The molecule has 4 aromatic rings. The number of thiazole rings is 1. The van der Waals surface area contributed by atoms with Gasteiger partial charge >= 0.3 is 0 Å². The van der Waals surface area contributed by atoms with Crippen molar-refractivity contribution in [2.75, 3.05) is 11.9 Å². The van der Waals surface area contributed by atoms with Crippen LogP contribution in [0.5, 0.6) is 0 Å². The van der Waals surface area contributed by atoms with E-state index in [-0.39, 0.29) is 5.62 Å². The molecular formula is C19H13Cl2N5OS. The number of rotatable bonds is 1. The summed E-state index contributed by atoms with van der Waals surface area (Å²) in [6, 6.07) is 11.0. The lowest BCUT2D eigenvalue weighted by atomic mass is 10.1. The molecule has 0 aliphatic carbocycles. The highest BCUT2D eigenvalue weighted by molar-refractivity contribution is 7.22. The van der Waals surface area contributed by atoms with Gasteiger partial charge in [-0.15, -0.1) is 4.73 Å². The molecule has 0 saturated carbocycles. The molecule has 3 heterocycles. The number of hydrogen-bond acceptors (Lipinski definition) is 6. The smallest absolute Gasteiger partial charge is 0.266 e. The van der Waals surface area contributed by atoms with E-state index in [1.54, 1.807) is 18.3 Å². The molecule has 0 unspecified atom stereocenters. The number of anilines is 1. The van der Waals surface area contributed by atoms with Crippen molar-refractivity contribution in [3.05, 3.63) is 63.8 Å². The third-order valence-electron chi connectivity index (χ3n) is 4.52. The Labute approximate surface area is 173 Å². The van der Waals surface area contributed by atoms with Crippen LogP contribution in [-0.4, -0.2) is 26.5 Å². The fraction of sp³-hybridized carbons (Fsp3) is 0.105. The Hall–Kier alpha value is -2.61. The molecule has 5 rings (SSSR count). The fourth-order valence-corrected chi connectivity index (χ4v) is 4.54. The van der Waals surface area contributed by atoms with Gasteiger partial charge in [0.2, 0.25) is 5.13 Å². The van der Waals surface area contributed by atoms with Gasteiger partial charge in [-0.05, 0) is 42.8 Å². The van der Waals surface area contributed by atoms with Crippen molar-refractivity contribution in [3.8, 4) is 11.3 Å². The van der Waals surface area contributed by atoms with E-state index in [2.05, 4.69) is 20.3 Å². The Morgan fingerprint density at radius 2 is 1.96 bits per heavy atom. The SMILES string of the molecule is On1c2c(cnc1=Nc1nc3ccc(Cl)cc3s1)CCNc1cc(Cl)ccc1-2. The average molecular weight is 430 g/mol. The topological polar surface area (TPSA) is 75.3 Å². The highest BCUT2D eigenvalue weighted by Gasteiger charge is 2.19. The molecule has 0 amide bonds. The van der Waals surface area contributed by atoms with Gasteiger partial charge in [0.15, 0.2) is 0 Å². The first kappa shape index (κ1) is 17.5. The standard InChI is InChI=1S/C19H13Cl2N5OS/c20-11-1-3-13-15(7-11)22-6-5-10-9-23-18(26(27)17(10)13)25-19-24-14-4-2-12(21)8-16(14)28-19/h1-4,7-9,22,27H,5-6H2. The largest absolute Gasteiger partial charge is 0.425 e. The molecule has 9 heteroatoms. The van der Waals surface area contributed by atoms with Gasteiger partial charge in [0.05, 0.1) is 15.9 Å². The van der Waals surface area contributed by atoms with E-state index in [4.69, 9.17) is 23.2 Å². The molecule has 2 aromatic heterocycles. The van der Waals surface area contributed by atoms with Crippen molar-refractivity contribution in [1.82, 2.24) is 14.7 Å². The summed E-state index contributed by atoms with van der Waals surface area (Å²) in [5.41, 5.74) is 4.24. The van der Waals surface area contributed by atoms with Crippen molar-refractivity contribution in [2.45, 2.75) is 6.42 Å². The summed E-state index contributed by atoms with van der Waals surface area (Å²) >= 11 is 13.6. The van der Waals surface area contributed by atoms with Crippen LogP contribution in [0.15, 0.2) is 47.6 Å². The van der Waals surface area contributed by atoms with E-state index in [0.29, 0.717) is 20.9 Å². The van der Waals surface area contributed by atoms with Crippen LogP contribution in [0.25, 0.3) is 21.5 Å². The quantitative estimate of drug-likeness (QED) is 0.421. The molecule has 0 spiro atoms. The molecule has 0 saturated heterocycles. The number of halogens is 2. The molecule has 1 aliphatic rings. The minimum absolute atomic E-state index is 0.159. The molecule has 0 fully saturated rings. The third-order valence-corrected chi connectivity index (χ3v) is 5.90. The Morgan fingerprint density at radius 3 is 2.86 bits per heavy atom. The van der Waals surface area contributed by atoms with Gasteiger partial charge < -0.3 is 10.5 Å². The molecule has 2 N–H and O–H groups in total. The predicted octanol–water partition coefficient (Wildman–Crippen LogP) is 4.90. The van der Waals surface area contributed by atoms with Crippen molar-refractivity contribution < 1.29 is 5.21 Å². The molecule has 0 atom stereocenters. The summed E-state index contributed by atoms with van der Waals surface area (Å²) in [6.45, 7) is 0.719. The highest BCUT2D eigenvalue weighted by atomic mass is 35.5. The van der Waals surface area contributed by atoms with E-state index in [1.165, 1.54) is 11.3 Å². The first-order valence-electron chi connectivity index (χ1n) is 8.53. The van der Waals surface area contributed by atoms with Crippen LogP contribution < -0.4 is 10.9 Å². The van der Waals surface area contributed by atoms with Crippen LogP contribution in [0.2, 0.25) is 10.0 Å². The minimum Gasteiger partial charge on any atom is -0.425 e. The van der Waals surface area contributed by atoms with E-state index < -0.39 is 0 Å². The number of fused-ring (bicyclic) bond motifs is 4. The predicted molar refractivity (Wildman–Crippen MR) is 112 cm³/mol. The molecular weight excluding hydrogens is 417 g/mol. The van der Waals surface area contributed by atoms with Crippen molar-refractivity contribution in [2.24, 2.45) is 4.99 Å². The zero-order valence-corrected chi connectivity index (χ0v) is 16.7. The molecule has 2 aromatic carbocycles. The maximum Gasteiger partial charge on any atom is 0.266 e. The van der Waals surface area contributed by atoms with Gasteiger partial charge in [0.25, 0.3) is 5.62 Å². The maximum atomic E-state index is 10.9. The van der Waals surface area contributed by atoms with E-state index >= 15 is 0 Å². The lowest BCUT2D eigenvalue weighted by Crippen LogP contribution is -2.25. The lowest BCUT2D eigenvalue weighted by molar-refractivity contribution is 0.171. The second-order valence-corrected chi connectivity index (χ2v) is 8.21. The number of aromatic nitrogens is 3. The van der Waals surface area contributed by atoms with Crippen LogP contribution in [-0.2, 0) is 6.42 Å². The summed E-state index contributed by atoms with van der Waals surface area (Å²) in [4.78, 5) is 13.3. The molecule has 1 aliphatic heterocycles. The monoisotopic (exact) mass is 429 g/mol. The van der Waals surface area contributed by atoms with Crippen LogP contribution in [0, 0.1) is 0 Å². The van der Waals surface area contributed by atoms with Gasteiger partial charge in [-0.1, -0.05) is 34.5 Å². The Bertz CT molecular complexity index is 1300. The van der Waals surface area contributed by atoms with E-state index in [1.807, 2.05) is 24.3 Å². The van der Waals surface area contributed by atoms with Crippen molar-refractivity contribution in [1.29, 1.82) is 0 Å². The normalized spacial score (nSPS) is 13.7. The van der Waals surface area contributed by atoms with Gasteiger partial charge in [0.1, 0.15) is 0 Å². The second-order valence-electron chi connectivity index (χ2n) is 6.33. The number of nitrogens with one attached hydrogen (secondary N) is 1.